The Kier molecular flexibility index (Phi) is 3.26. The van der Waals surface area contributed by atoms with Crippen molar-refractivity contribution < 1.29 is 34.0 Å². The van der Waals surface area contributed by atoms with Crippen molar-refractivity contribution in [2.75, 3.05) is 6.16 Å². The molecule has 0 saturated heterocycles. The number of carbonyl (C=O) groups is 2. The van der Waals surface area contributed by atoms with E-state index >= 15 is 0 Å². The van der Waals surface area contributed by atoms with Gasteiger partial charge in [-0.2, -0.15) is 0 Å². The van der Waals surface area contributed by atoms with E-state index in [-0.39, 0.29) is 0 Å². The SMILES string of the molecule is O=C([O-])C(=O)C(O)(O)CP(=O)=O. The van der Waals surface area contributed by atoms with Crippen molar-refractivity contribution in [3.8, 4) is 0 Å². The molecule has 0 aromatic rings. The second kappa shape index (κ2) is 3.57. The molecule has 2 N–H and O–H groups in total. The van der Waals surface area contributed by atoms with Gasteiger partial charge in [0.25, 0.3) is 0 Å². The summed E-state index contributed by atoms with van der Waals surface area (Å²) in [4.78, 5) is 20.0. The standard InChI is InChI=1S/C4H5O7P/c5-2(3(6)7)4(8,9)1-12(10)11/h8-9H,1H2,(H,6,7)/p-1. The Balaban J connectivity index is 4.61. The highest BCUT2D eigenvalue weighted by Gasteiger charge is 2.35. The Morgan fingerprint density at radius 2 is 1.75 bits per heavy atom. The molecule has 0 aromatic heterocycles. The predicted molar refractivity (Wildman–Crippen MR) is 30.3 cm³/mol. The maximum Gasteiger partial charge on any atom is 0.321 e. The molecule has 12 heavy (non-hydrogen) atoms. The van der Waals surface area contributed by atoms with Crippen LogP contribution in [0.15, 0.2) is 0 Å². The fraction of sp³-hybridized carbons (Fsp3) is 0.500. The molecular weight excluding hydrogens is 191 g/mol. The number of hydrogen-bond acceptors (Lipinski definition) is 7. The summed E-state index contributed by atoms with van der Waals surface area (Å²) in [5.41, 5.74) is 0. The van der Waals surface area contributed by atoms with E-state index in [2.05, 4.69) is 0 Å². The summed E-state index contributed by atoms with van der Waals surface area (Å²) in [7, 11) is -3.26. The lowest BCUT2D eigenvalue weighted by Gasteiger charge is -2.16. The fourth-order valence-corrected chi connectivity index (χ4v) is 0.919. The third kappa shape index (κ3) is 2.91. The van der Waals surface area contributed by atoms with Crippen LogP contribution >= 0.6 is 7.68 Å². The maximum atomic E-state index is 10.3. The van der Waals surface area contributed by atoms with Crippen LogP contribution in [0.25, 0.3) is 0 Å². The molecule has 0 atom stereocenters. The highest BCUT2D eigenvalue weighted by molar-refractivity contribution is 7.31. The highest BCUT2D eigenvalue weighted by Crippen LogP contribution is 2.13. The van der Waals surface area contributed by atoms with E-state index in [0.717, 1.165) is 0 Å². The molecule has 0 rings (SSSR count). The molecule has 0 radical (unpaired) electrons. The lowest BCUT2D eigenvalue weighted by molar-refractivity contribution is -0.304. The predicted octanol–water partition coefficient (Wildman–Crippen LogP) is -2.84. The molecule has 0 aliphatic rings. The maximum absolute atomic E-state index is 10.3. The second-order valence-corrected chi connectivity index (χ2v) is 2.91. The van der Waals surface area contributed by atoms with Gasteiger partial charge in [-0.25, -0.2) is 9.13 Å². The molecule has 0 heterocycles. The van der Waals surface area contributed by atoms with Crippen LogP contribution in [-0.4, -0.2) is 33.9 Å². The van der Waals surface area contributed by atoms with E-state index in [1.54, 1.807) is 0 Å². The van der Waals surface area contributed by atoms with Gasteiger partial charge in [-0.3, -0.25) is 4.79 Å². The molecule has 0 saturated carbocycles. The summed E-state index contributed by atoms with van der Waals surface area (Å²) in [6.07, 6.45) is -1.37. The van der Waals surface area contributed by atoms with Gasteiger partial charge in [0.1, 0.15) is 12.1 Å². The smallest absolute Gasteiger partial charge is 0.321 e. The lowest BCUT2D eigenvalue weighted by atomic mass is 10.2. The first-order chi connectivity index (χ1) is 5.27. The second-order valence-electron chi connectivity index (χ2n) is 1.92. The van der Waals surface area contributed by atoms with E-state index in [9.17, 15) is 23.8 Å². The normalized spacial score (nSPS) is 10.8. The summed E-state index contributed by atoms with van der Waals surface area (Å²) in [6, 6.07) is 0. The summed E-state index contributed by atoms with van der Waals surface area (Å²) in [5.74, 6) is -7.83. The summed E-state index contributed by atoms with van der Waals surface area (Å²) in [5, 5.41) is 26.8. The van der Waals surface area contributed by atoms with Gasteiger partial charge in [0.15, 0.2) is 0 Å². The summed E-state index contributed by atoms with van der Waals surface area (Å²) >= 11 is 0. The third-order valence-electron chi connectivity index (χ3n) is 0.899. The molecule has 0 amide bonds. The van der Waals surface area contributed by atoms with Gasteiger partial charge in [-0.15, -0.1) is 0 Å². The minimum Gasteiger partial charge on any atom is -0.542 e. The van der Waals surface area contributed by atoms with Crippen LogP contribution in [0.3, 0.4) is 0 Å². The van der Waals surface area contributed by atoms with Crippen molar-refractivity contribution in [2.45, 2.75) is 5.79 Å². The molecule has 68 valence electrons. The molecule has 0 fully saturated rings. The van der Waals surface area contributed by atoms with E-state index in [0.29, 0.717) is 0 Å². The summed E-state index contributed by atoms with van der Waals surface area (Å²) < 4.78 is 19.8. The van der Waals surface area contributed by atoms with Crippen molar-refractivity contribution in [3.05, 3.63) is 0 Å². The Hall–Kier alpha value is -1.04. The zero-order chi connectivity index (χ0) is 9.94. The topological polar surface area (TPSA) is 132 Å². The number of aliphatic hydroxyl groups is 2. The van der Waals surface area contributed by atoms with Crippen LogP contribution in [0.1, 0.15) is 0 Å². The lowest BCUT2D eigenvalue weighted by Crippen LogP contribution is -2.50. The Morgan fingerprint density at radius 3 is 2.00 bits per heavy atom. The van der Waals surface area contributed by atoms with Crippen molar-refractivity contribution in [1.29, 1.82) is 0 Å². The number of aliphatic carboxylic acids is 1. The number of carboxylic acids is 1. The number of rotatable bonds is 4. The first kappa shape index (κ1) is 11.0. The average molecular weight is 195 g/mol. The van der Waals surface area contributed by atoms with Gasteiger partial charge in [0.05, 0.1) is 0 Å². The highest BCUT2D eigenvalue weighted by atomic mass is 31.1. The van der Waals surface area contributed by atoms with Gasteiger partial charge < -0.3 is 20.1 Å². The Labute approximate surface area is 66.4 Å². The molecule has 0 aliphatic heterocycles. The number of Topliss-reactive ketones (excluding diaryl/α,β-unsaturated/α-hetero) is 1. The van der Waals surface area contributed by atoms with Crippen LogP contribution in [0, 0.1) is 0 Å². The van der Waals surface area contributed by atoms with E-state index < -0.39 is 31.4 Å². The van der Waals surface area contributed by atoms with Crippen molar-refractivity contribution in [1.82, 2.24) is 0 Å². The zero-order valence-electron chi connectivity index (χ0n) is 5.59. The first-order valence-corrected chi connectivity index (χ1v) is 3.96. The van der Waals surface area contributed by atoms with Crippen LogP contribution in [0.5, 0.6) is 0 Å². The number of carboxylic acid groups (broad SMARTS) is 1. The quantitative estimate of drug-likeness (QED) is 0.280. The van der Waals surface area contributed by atoms with Crippen LogP contribution in [-0.2, 0) is 18.7 Å². The van der Waals surface area contributed by atoms with Gasteiger partial charge in [0, 0.05) is 0 Å². The minimum absolute atomic E-state index is 1.37. The first-order valence-electron chi connectivity index (χ1n) is 2.59. The van der Waals surface area contributed by atoms with E-state index in [1.807, 2.05) is 0 Å². The number of ketones is 1. The van der Waals surface area contributed by atoms with Gasteiger partial charge in [0.2, 0.25) is 11.6 Å². The average Bonchev–Trinajstić information content (AvgIpc) is 1.82. The molecule has 0 aromatic carbocycles. The minimum atomic E-state index is -3.39. The van der Waals surface area contributed by atoms with Crippen LogP contribution in [0.4, 0.5) is 0 Å². The Morgan fingerprint density at radius 1 is 1.33 bits per heavy atom. The molecule has 0 spiro atoms. The fourth-order valence-electron chi connectivity index (χ4n) is 0.415. The van der Waals surface area contributed by atoms with Crippen molar-refractivity contribution in [2.24, 2.45) is 0 Å². The number of carbonyl (C=O) groups excluding carboxylic acids is 2. The van der Waals surface area contributed by atoms with Gasteiger partial charge in [-0.1, -0.05) is 0 Å². The van der Waals surface area contributed by atoms with Gasteiger partial charge >= 0.3 is 7.68 Å². The third-order valence-corrected chi connectivity index (χ3v) is 1.60. The molecule has 0 aliphatic carbocycles. The zero-order valence-corrected chi connectivity index (χ0v) is 6.48. The largest absolute Gasteiger partial charge is 0.542 e. The molecule has 0 bridgehead atoms. The number of hydrogen-bond donors (Lipinski definition) is 2. The van der Waals surface area contributed by atoms with Gasteiger partial charge in [-0.05, 0) is 0 Å². The molecule has 7 nitrogen and oxygen atoms in total. The van der Waals surface area contributed by atoms with Crippen molar-refractivity contribution >= 4 is 19.4 Å². The van der Waals surface area contributed by atoms with E-state index in [1.165, 1.54) is 0 Å². The van der Waals surface area contributed by atoms with Crippen molar-refractivity contribution in [3.63, 3.8) is 0 Å². The molecular formula is C4H4O7P-. The summed E-state index contributed by atoms with van der Waals surface area (Å²) in [6.45, 7) is 0. The molecule has 0 unspecified atom stereocenters. The van der Waals surface area contributed by atoms with Crippen LogP contribution in [0.2, 0.25) is 0 Å². The Bertz CT molecular complexity index is 267. The van der Waals surface area contributed by atoms with Crippen LogP contribution < -0.4 is 5.11 Å². The monoisotopic (exact) mass is 195 g/mol. The van der Waals surface area contributed by atoms with E-state index in [4.69, 9.17) is 10.2 Å². The molecule has 8 heteroatoms.